The molecule has 0 aliphatic carbocycles. The zero-order chi connectivity index (χ0) is 41.8. The molecule has 5 amide bonds. The van der Waals surface area contributed by atoms with Crippen LogP contribution in [0.4, 0.5) is 11.4 Å². The summed E-state index contributed by atoms with van der Waals surface area (Å²) in [6, 6.07) is 12.9. The maximum Gasteiger partial charge on any atom is 0.314 e. The number of carbonyl (C=O) groups excluding carboxylic acids is 5. The summed E-state index contributed by atoms with van der Waals surface area (Å²) in [6.45, 7) is 0.0598. The lowest BCUT2D eigenvalue weighted by Gasteiger charge is -2.26. The van der Waals surface area contributed by atoms with E-state index in [9.17, 15) is 33.6 Å². The van der Waals surface area contributed by atoms with Crippen LogP contribution in [0, 0.1) is 0 Å². The molecule has 306 valence electrons. The molecule has 3 aromatic carbocycles. The Labute approximate surface area is 330 Å². The number of aromatic amines is 2. The van der Waals surface area contributed by atoms with E-state index in [2.05, 4.69) is 41.5 Å². The van der Waals surface area contributed by atoms with Crippen molar-refractivity contribution in [3.05, 3.63) is 98.1 Å². The van der Waals surface area contributed by atoms with Crippen molar-refractivity contribution >= 4 is 57.9 Å². The average Bonchev–Trinajstić information content (AvgIpc) is 3.19. The summed E-state index contributed by atoms with van der Waals surface area (Å²) in [5.74, 6) is -2.59. The number of anilines is 2. The zero-order valence-electron chi connectivity index (χ0n) is 31.4. The SMILES string of the molecule is NC(N)=NCCC[C@H]1COc2ccc(NC(=O)CCCNC(=O)c3ccc4[nH]c(=O)c(=O)[nH]c4c3)cc2C(=O)NC[C@@H](N)C(=O)N[C@@H](Cc2ccc(N)cc2)C(=O)N1. The maximum absolute atomic E-state index is 13.7. The van der Waals surface area contributed by atoms with Crippen LogP contribution in [0.2, 0.25) is 0 Å². The van der Waals surface area contributed by atoms with E-state index in [1.165, 1.54) is 30.3 Å². The van der Waals surface area contributed by atoms with E-state index in [1.54, 1.807) is 30.3 Å². The summed E-state index contributed by atoms with van der Waals surface area (Å²) >= 11 is 0. The molecular weight excluding hydrogens is 752 g/mol. The van der Waals surface area contributed by atoms with Crippen molar-refractivity contribution in [2.24, 2.45) is 22.2 Å². The molecule has 0 radical (unpaired) electrons. The van der Waals surface area contributed by atoms with Crippen LogP contribution >= 0.6 is 0 Å². The van der Waals surface area contributed by atoms with Crippen molar-refractivity contribution in [2.75, 3.05) is 37.3 Å². The topological polar surface area (TPSA) is 337 Å². The molecule has 0 bridgehead atoms. The second-order valence-corrected chi connectivity index (χ2v) is 13.6. The van der Waals surface area contributed by atoms with Gasteiger partial charge in [0, 0.05) is 49.4 Å². The third-order valence-electron chi connectivity index (χ3n) is 9.02. The standard InChI is InChI=1S/C38H46N12O8/c39-22-8-5-20(6-9-22)15-29-35(55)47-24(3-1-14-44-38(41)42)19-58-30-12-10-23(17-25(30)33(53)45-18-26(40)34(54)50-29)46-31(51)4-2-13-43-32(52)21-7-11-27-28(16-21)49-37(57)36(56)48-27/h5-12,16-17,24,26,29H,1-4,13-15,18-19,39-40H2,(H,43,52)(H,45,53)(H,46,51)(H,47,55)(H,48,56)(H,49,57)(H,50,54)(H4,41,42,44)/t24-,26+,29-/m0/s1. The van der Waals surface area contributed by atoms with Crippen molar-refractivity contribution in [1.82, 2.24) is 31.2 Å². The Balaban J connectivity index is 1.25. The van der Waals surface area contributed by atoms with Gasteiger partial charge in [-0.05, 0) is 73.4 Å². The maximum atomic E-state index is 13.7. The van der Waals surface area contributed by atoms with Gasteiger partial charge in [-0.1, -0.05) is 12.1 Å². The van der Waals surface area contributed by atoms with Crippen LogP contribution in [0.5, 0.6) is 5.75 Å². The van der Waals surface area contributed by atoms with Gasteiger partial charge in [-0.25, -0.2) is 0 Å². The molecule has 20 nitrogen and oxygen atoms in total. The fourth-order valence-corrected chi connectivity index (χ4v) is 5.95. The van der Waals surface area contributed by atoms with E-state index in [4.69, 9.17) is 27.7 Å². The van der Waals surface area contributed by atoms with Crippen LogP contribution in [0.15, 0.2) is 75.2 Å². The van der Waals surface area contributed by atoms with Crippen LogP contribution in [0.25, 0.3) is 11.0 Å². The van der Waals surface area contributed by atoms with Gasteiger partial charge in [0.1, 0.15) is 24.4 Å². The Morgan fingerprint density at radius 3 is 2.34 bits per heavy atom. The lowest BCUT2D eigenvalue weighted by molar-refractivity contribution is -0.130. The molecule has 2 heterocycles. The molecular formula is C38H46N12O8. The van der Waals surface area contributed by atoms with Gasteiger partial charge in [-0.2, -0.15) is 0 Å². The van der Waals surface area contributed by atoms with Crippen LogP contribution < -0.4 is 65.4 Å². The first kappa shape index (κ1) is 41.9. The number of carbonyl (C=O) groups is 5. The van der Waals surface area contributed by atoms with Gasteiger partial charge in [-0.3, -0.25) is 38.6 Å². The van der Waals surface area contributed by atoms with Gasteiger partial charge in [0.05, 0.1) is 22.6 Å². The number of H-pyrrole nitrogens is 2. The molecule has 1 aliphatic heterocycles. The highest BCUT2D eigenvalue weighted by molar-refractivity contribution is 6.00. The molecule has 15 N–H and O–H groups in total. The molecule has 4 aromatic rings. The first-order chi connectivity index (χ1) is 27.7. The lowest BCUT2D eigenvalue weighted by atomic mass is 10.0. The Morgan fingerprint density at radius 1 is 0.862 bits per heavy atom. The predicted octanol–water partition coefficient (Wildman–Crippen LogP) is -1.34. The summed E-state index contributed by atoms with van der Waals surface area (Å²) in [4.78, 5) is 98.0. The third-order valence-corrected chi connectivity index (χ3v) is 9.02. The molecule has 20 heteroatoms. The molecule has 5 rings (SSSR count). The minimum atomic E-state index is -1.23. The normalized spacial score (nSPS) is 17.3. The Morgan fingerprint density at radius 2 is 1.60 bits per heavy atom. The van der Waals surface area contributed by atoms with Gasteiger partial charge in [-0.15, -0.1) is 0 Å². The molecule has 0 fully saturated rings. The molecule has 1 aliphatic rings. The van der Waals surface area contributed by atoms with Crippen LogP contribution in [0.1, 0.15) is 52.0 Å². The molecule has 0 saturated heterocycles. The quantitative estimate of drug-likeness (QED) is 0.0261. The highest BCUT2D eigenvalue weighted by Gasteiger charge is 2.28. The molecule has 0 spiro atoms. The van der Waals surface area contributed by atoms with E-state index < -0.39 is 58.8 Å². The van der Waals surface area contributed by atoms with Crippen LogP contribution in [0.3, 0.4) is 0 Å². The minimum Gasteiger partial charge on any atom is -0.491 e. The average molecular weight is 799 g/mol. The van der Waals surface area contributed by atoms with Crippen molar-refractivity contribution in [1.29, 1.82) is 0 Å². The number of nitrogens with one attached hydrogen (secondary N) is 7. The monoisotopic (exact) mass is 798 g/mol. The van der Waals surface area contributed by atoms with E-state index in [0.29, 0.717) is 24.0 Å². The number of fused-ring (bicyclic) bond motifs is 2. The van der Waals surface area contributed by atoms with Crippen LogP contribution in [-0.4, -0.2) is 89.8 Å². The molecule has 58 heavy (non-hydrogen) atoms. The number of rotatable bonds is 12. The number of ether oxygens (including phenoxy) is 1. The predicted molar refractivity (Wildman–Crippen MR) is 216 cm³/mol. The van der Waals surface area contributed by atoms with Gasteiger partial charge < -0.3 is 64.2 Å². The number of aliphatic imine (C=N–C) groups is 1. The summed E-state index contributed by atoms with van der Waals surface area (Å²) in [5, 5.41) is 13.7. The van der Waals surface area contributed by atoms with E-state index in [-0.39, 0.29) is 79.5 Å². The first-order valence-corrected chi connectivity index (χ1v) is 18.4. The van der Waals surface area contributed by atoms with Crippen LogP contribution in [-0.2, 0) is 20.8 Å². The largest absolute Gasteiger partial charge is 0.491 e. The van der Waals surface area contributed by atoms with Gasteiger partial charge >= 0.3 is 11.1 Å². The molecule has 0 saturated carbocycles. The van der Waals surface area contributed by atoms with Gasteiger partial charge in [0.25, 0.3) is 11.8 Å². The summed E-state index contributed by atoms with van der Waals surface area (Å²) < 4.78 is 6.11. The highest BCUT2D eigenvalue weighted by atomic mass is 16.5. The number of aromatic nitrogens is 2. The molecule has 3 atom stereocenters. The lowest BCUT2D eigenvalue weighted by Crippen LogP contribution is -2.56. The second-order valence-electron chi connectivity index (χ2n) is 13.6. The van der Waals surface area contributed by atoms with Gasteiger partial charge in [0.15, 0.2) is 5.96 Å². The number of nitrogen functional groups attached to an aromatic ring is 1. The zero-order valence-corrected chi connectivity index (χ0v) is 31.4. The number of benzene rings is 3. The van der Waals surface area contributed by atoms with Gasteiger partial charge in [0.2, 0.25) is 17.7 Å². The molecule has 0 unspecified atom stereocenters. The van der Waals surface area contributed by atoms with E-state index in [0.717, 1.165) is 5.56 Å². The van der Waals surface area contributed by atoms with Crippen molar-refractivity contribution in [2.45, 2.75) is 50.2 Å². The van der Waals surface area contributed by atoms with E-state index >= 15 is 0 Å². The fourth-order valence-electron chi connectivity index (χ4n) is 5.95. The number of hydrogen-bond donors (Lipinski definition) is 11. The Kier molecular flexibility index (Phi) is 14.2. The summed E-state index contributed by atoms with van der Waals surface area (Å²) in [7, 11) is 0. The highest BCUT2D eigenvalue weighted by Crippen LogP contribution is 2.24. The van der Waals surface area contributed by atoms with Crippen molar-refractivity contribution in [3.8, 4) is 5.75 Å². The fraction of sp³-hybridized carbons (Fsp3) is 0.316. The number of guanidine groups is 1. The number of hydrogen-bond acceptors (Lipinski definition) is 11. The second kappa shape index (κ2) is 19.6. The smallest absolute Gasteiger partial charge is 0.314 e. The third kappa shape index (κ3) is 11.9. The van der Waals surface area contributed by atoms with Crippen molar-refractivity contribution in [3.63, 3.8) is 0 Å². The number of nitrogens with two attached hydrogens (primary N) is 4. The Hall–Kier alpha value is -7.22. The minimum absolute atomic E-state index is 0.0108. The van der Waals surface area contributed by atoms with E-state index in [1.807, 2.05) is 0 Å². The summed E-state index contributed by atoms with van der Waals surface area (Å²) in [6.07, 6.45) is 1.23. The summed E-state index contributed by atoms with van der Waals surface area (Å²) in [5.41, 5.74) is 23.7. The Bertz CT molecular complexity index is 2300. The number of nitrogens with zero attached hydrogens (tertiary/aromatic N) is 1. The van der Waals surface area contributed by atoms with Crippen molar-refractivity contribution < 1.29 is 28.7 Å². The number of amides is 5. The first-order valence-electron chi connectivity index (χ1n) is 18.4. The molecule has 1 aromatic heterocycles.